The lowest BCUT2D eigenvalue weighted by atomic mass is 9.90. The average Bonchev–Trinajstić information content (AvgIpc) is 1.88. The Bertz CT molecular complexity index is 2950. The number of hydrogen-bond donors (Lipinski definition) is 14. The van der Waals surface area contributed by atoms with Gasteiger partial charge in [-0.15, -0.1) is 0 Å². The Morgan fingerprint density at radius 1 is 0.663 bits per heavy atom. The molecule has 0 saturated heterocycles. The van der Waals surface area contributed by atoms with Gasteiger partial charge >= 0.3 is 5.97 Å². The van der Waals surface area contributed by atoms with Gasteiger partial charge in [-0.25, -0.2) is 4.39 Å². The fraction of sp³-hybridized carbons (Fsp3) is 0.450. The number of aryl methyl sites for hydroxylation is 2. The van der Waals surface area contributed by atoms with Crippen molar-refractivity contribution in [1.29, 1.82) is 0 Å². The van der Waals surface area contributed by atoms with Crippen molar-refractivity contribution in [1.82, 2.24) is 37.2 Å². The molecule has 0 radical (unpaired) electrons. The van der Waals surface area contributed by atoms with Crippen LogP contribution in [-0.4, -0.2) is 161 Å². The third kappa shape index (κ3) is 21.5. The number of amides is 8. The van der Waals surface area contributed by atoms with Crippen molar-refractivity contribution in [3.05, 3.63) is 119 Å². The van der Waals surface area contributed by atoms with E-state index in [0.717, 1.165) is 61.9 Å². The largest absolute Gasteiger partial charge is 0.497 e. The first-order valence-corrected chi connectivity index (χ1v) is 28.1. The van der Waals surface area contributed by atoms with Crippen LogP contribution in [0.2, 0.25) is 0 Å². The Morgan fingerprint density at radius 3 is 1.83 bits per heavy atom. The highest BCUT2D eigenvalue weighted by atomic mass is 19.1. The molecule has 9 atom stereocenters. The summed E-state index contributed by atoms with van der Waals surface area (Å²) in [6.45, 7) is 4.61. The predicted molar refractivity (Wildman–Crippen MR) is 314 cm³/mol. The van der Waals surface area contributed by atoms with E-state index in [1.165, 1.54) is 18.2 Å². The zero-order valence-corrected chi connectivity index (χ0v) is 48.9. The predicted octanol–water partition coefficient (Wildman–Crippen LogP) is -0.554. The number of halogens is 1. The summed E-state index contributed by atoms with van der Waals surface area (Å²) in [7, 11) is 1.56. The lowest BCUT2D eigenvalue weighted by molar-refractivity contribution is -0.142. The van der Waals surface area contributed by atoms with E-state index in [2.05, 4.69) is 37.2 Å². The van der Waals surface area contributed by atoms with Crippen molar-refractivity contribution in [3.63, 3.8) is 0 Å². The molecule has 0 aliphatic rings. The lowest BCUT2D eigenvalue weighted by Crippen LogP contribution is -2.67. The maximum absolute atomic E-state index is 15.1. The minimum atomic E-state index is -2.22. The highest BCUT2D eigenvalue weighted by molar-refractivity contribution is 5.99. The van der Waals surface area contributed by atoms with Crippen LogP contribution in [0.15, 0.2) is 91.0 Å². The Labute approximate surface area is 498 Å². The van der Waals surface area contributed by atoms with Crippen molar-refractivity contribution in [2.24, 2.45) is 17.2 Å². The minimum absolute atomic E-state index is 0.0748. The van der Waals surface area contributed by atoms with E-state index >= 15 is 4.39 Å². The maximum atomic E-state index is 15.1. The van der Waals surface area contributed by atoms with Gasteiger partial charge in [0.25, 0.3) is 0 Å². The standard InChI is InChI=1S/C60H81FN10O15/c1-6-38-29-42(85-5)24-25-43(38)39-20-16-37(17-21-39)28-46(54(79)65-45(53(64)78)15-11-12-36-18-22-41(23-19-36)86-27-10-9-26-62)66-55(80)47(30-50(76)77)67-56(81)48(33-72)68-57(82)51(34(2)73)70-59(84)60(4,31-40-13-7-8-14-44(40)61)71-58(83)52(35(3)74)69-49(75)32-63/h7-8,13-14,16-25,29,34-35,45-48,51-52,72-74H,6,9-12,15,26-28,30-33,62-63H2,1-5H3,(H2,64,78)(H,65,79)(H,66,80)(H,67,81)(H,68,82)(H,69,75)(H,70,84)(H,71,83)(H,76,77)/t34-,35-,45+,46+,47?,48?,51+,52+,60+/m1/s1. The molecule has 0 aromatic heterocycles. The summed E-state index contributed by atoms with van der Waals surface area (Å²) in [5, 5.41) is 57.9. The van der Waals surface area contributed by atoms with Crippen LogP contribution in [0.5, 0.6) is 11.5 Å². The fourth-order valence-electron chi connectivity index (χ4n) is 9.07. The molecule has 86 heavy (non-hydrogen) atoms. The van der Waals surface area contributed by atoms with Crippen LogP contribution in [0, 0.1) is 5.82 Å². The second-order valence-electron chi connectivity index (χ2n) is 20.9. The number of carbonyl (C=O) groups is 9. The van der Waals surface area contributed by atoms with Crippen LogP contribution in [0.25, 0.3) is 11.1 Å². The average molecular weight is 1200 g/mol. The molecule has 0 saturated carbocycles. The molecule has 0 heterocycles. The van der Waals surface area contributed by atoms with Crippen LogP contribution >= 0.6 is 0 Å². The summed E-state index contributed by atoms with van der Waals surface area (Å²) in [4.78, 5) is 122. The quantitative estimate of drug-likeness (QED) is 0.0254. The number of carboxylic acid groups (broad SMARTS) is 1. The number of hydrogen-bond acceptors (Lipinski definition) is 16. The van der Waals surface area contributed by atoms with Crippen LogP contribution in [0.1, 0.15) is 82.1 Å². The number of unbranched alkanes of at least 4 members (excludes halogenated alkanes) is 1. The molecule has 468 valence electrons. The Hall–Kier alpha value is -8.56. The number of benzene rings is 4. The number of carbonyl (C=O) groups excluding carboxylic acids is 8. The molecule has 4 aromatic rings. The van der Waals surface area contributed by atoms with Crippen molar-refractivity contribution in [3.8, 4) is 22.6 Å². The number of aliphatic carboxylic acids is 1. The van der Waals surface area contributed by atoms with Crippen molar-refractivity contribution >= 4 is 53.2 Å². The van der Waals surface area contributed by atoms with Gasteiger partial charge < -0.3 is 84.3 Å². The molecule has 0 spiro atoms. The van der Waals surface area contributed by atoms with Crippen LogP contribution in [-0.2, 0) is 68.8 Å². The highest BCUT2D eigenvalue weighted by Crippen LogP contribution is 2.29. The van der Waals surface area contributed by atoms with Crippen LogP contribution in [0.4, 0.5) is 4.39 Å². The zero-order chi connectivity index (χ0) is 63.7. The summed E-state index contributed by atoms with van der Waals surface area (Å²) in [6, 6.07) is 14.7. The summed E-state index contributed by atoms with van der Waals surface area (Å²) in [5.74, 6) is -9.98. The van der Waals surface area contributed by atoms with Crippen molar-refractivity contribution < 1.29 is 77.4 Å². The van der Waals surface area contributed by atoms with E-state index in [-0.39, 0.29) is 18.4 Å². The molecule has 0 bridgehead atoms. The molecule has 4 rings (SSSR count). The molecule has 0 aliphatic carbocycles. The third-order valence-corrected chi connectivity index (χ3v) is 14.0. The van der Waals surface area contributed by atoms with E-state index in [9.17, 15) is 63.6 Å². The number of nitrogens with two attached hydrogens (primary N) is 3. The highest BCUT2D eigenvalue weighted by Gasteiger charge is 2.42. The normalized spacial score (nSPS) is 14.6. The zero-order valence-electron chi connectivity index (χ0n) is 48.9. The number of carboxylic acids is 1. The number of methoxy groups -OCH3 is 1. The molecule has 2 unspecified atom stereocenters. The first-order chi connectivity index (χ1) is 40.9. The molecule has 0 aliphatic heterocycles. The number of rotatable bonds is 36. The maximum Gasteiger partial charge on any atom is 0.305 e. The molecular formula is C60H81FN10O15. The summed E-state index contributed by atoms with van der Waals surface area (Å²) >= 11 is 0. The summed E-state index contributed by atoms with van der Waals surface area (Å²) in [5.41, 5.74) is 18.5. The smallest absolute Gasteiger partial charge is 0.305 e. The van der Waals surface area contributed by atoms with E-state index < -0.39 is 139 Å². The Kier molecular flexibility index (Phi) is 28.0. The number of aliphatic hydroxyl groups excluding tert-OH is 3. The molecule has 4 aromatic carbocycles. The van der Waals surface area contributed by atoms with E-state index in [1.807, 2.05) is 49.4 Å². The lowest BCUT2D eigenvalue weighted by Gasteiger charge is -2.34. The second kappa shape index (κ2) is 34.4. The van der Waals surface area contributed by atoms with Gasteiger partial charge in [0, 0.05) is 12.8 Å². The van der Waals surface area contributed by atoms with Gasteiger partial charge in [-0.2, -0.15) is 0 Å². The van der Waals surface area contributed by atoms with Gasteiger partial charge in [-0.3, -0.25) is 43.2 Å². The van der Waals surface area contributed by atoms with Gasteiger partial charge in [0.1, 0.15) is 59.1 Å². The van der Waals surface area contributed by atoms with Gasteiger partial charge in [0.2, 0.25) is 47.3 Å². The van der Waals surface area contributed by atoms with Gasteiger partial charge in [0.05, 0.1) is 45.5 Å². The van der Waals surface area contributed by atoms with Gasteiger partial charge in [0.15, 0.2) is 0 Å². The third-order valence-electron chi connectivity index (χ3n) is 14.0. The Balaban J connectivity index is 1.58. The molecule has 17 N–H and O–H groups in total. The summed E-state index contributed by atoms with van der Waals surface area (Å²) < 4.78 is 26.2. The van der Waals surface area contributed by atoms with Gasteiger partial charge in [-0.1, -0.05) is 67.6 Å². The number of nitrogens with one attached hydrogen (secondary N) is 7. The monoisotopic (exact) mass is 1200 g/mol. The molecule has 26 heteroatoms. The molecular weight excluding hydrogens is 1120 g/mol. The topological polar surface area (TPSA) is 415 Å². The molecule has 8 amide bonds. The second-order valence-corrected chi connectivity index (χ2v) is 20.9. The van der Waals surface area contributed by atoms with Gasteiger partial charge in [-0.05, 0) is 130 Å². The van der Waals surface area contributed by atoms with Crippen molar-refractivity contribution in [2.45, 2.75) is 139 Å². The fourth-order valence-corrected chi connectivity index (χ4v) is 9.07. The minimum Gasteiger partial charge on any atom is -0.497 e. The molecule has 25 nitrogen and oxygen atoms in total. The number of aliphatic hydroxyl groups is 3. The van der Waals surface area contributed by atoms with Crippen LogP contribution in [0.3, 0.4) is 0 Å². The van der Waals surface area contributed by atoms with E-state index in [4.69, 9.17) is 26.7 Å². The van der Waals surface area contributed by atoms with E-state index in [0.29, 0.717) is 49.5 Å². The Morgan fingerprint density at radius 2 is 1.24 bits per heavy atom. The molecule has 0 fully saturated rings. The first kappa shape index (κ1) is 69.9. The summed E-state index contributed by atoms with van der Waals surface area (Å²) in [6.07, 6.45) is -2.06. The van der Waals surface area contributed by atoms with E-state index in [1.54, 1.807) is 31.4 Å². The van der Waals surface area contributed by atoms with Crippen molar-refractivity contribution in [2.75, 3.05) is 33.4 Å². The van der Waals surface area contributed by atoms with Crippen LogP contribution < -0.4 is 63.9 Å². The first-order valence-electron chi connectivity index (χ1n) is 28.1. The SMILES string of the molecule is CCc1cc(OC)ccc1-c1ccc(C[C@H](NC(=O)C(CC(=O)O)NC(=O)C(CO)NC(=O)[C@@H](NC(=O)[C@](C)(Cc2ccccc2F)NC(=O)[C@@H](NC(=O)CN)[C@@H](C)O)[C@@H](C)O)C(=O)N[C@@H](CCCc2ccc(OCCCCN)cc2)C(N)=O)cc1. The number of ether oxygens (including phenoxy) is 2. The number of primary amides is 1.